The number of ether oxygens (including phenoxy) is 2. The third-order valence-electron chi connectivity index (χ3n) is 3.90. The number of carbonyl (C=O) groups is 1. The van der Waals surface area contributed by atoms with E-state index in [2.05, 4.69) is 5.16 Å². The van der Waals surface area contributed by atoms with E-state index in [4.69, 9.17) is 14.0 Å². The molecule has 0 aliphatic carbocycles. The van der Waals surface area contributed by atoms with Crippen molar-refractivity contribution in [1.82, 2.24) is 5.16 Å². The molecule has 0 unspecified atom stereocenters. The van der Waals surface area contributed by atoms with Crippen LogP contribution in [0.3, 0.4) is 0 Å². The molecule has 144 valence electrons. The minimum atomic E-state index is -0.635. The molecule has 8 nitrogen and oxygen atoms in total. The van der Waals surface area contributed by atoms with Gasteiger partial charge in [-0.2, -0.15) is 0 Å². The van der Waals surface area contributed by atoms with E-state index >= 15 is 0 Å². The molecule has 0 N–H and O–H groups in total. The average molecular weight is 386 g/mol. The molecule has 0 aliphatic heterocycles. The van der Waals surface area contributed by atoms with E-state index in [-0.39, 0.29) is 24.7 Å². The van der Waals surface area contributed by atoms with Gasteiger partial charge in [0, 0.05) is 23.3 Å². The number of benzene rings is 2. The van der Waals surface area contributed by atoms with Gasteiger partial charge >= 0.3 is 5.97 Å². The molecule has 0 bridgehead atoms. The second-order valence-electron chi connectivity index (χ2n) is 5.79. The largest absolute Gasteiger partial charge is 0.482 e. The average Bonchev–Trinajstić information content (AvgIpc) is 3.06. The molecule has 1 aromatic heterocycles. The van der Waals surface area contributed by atoms with Gasteiger partial charge < -0.3 is 14.0 Å². The van der Waals surface area contributed by atoms with Crippen LogP contribution in [0, 0.1) is 22.9 Å². The summed E-state index contributed by atoms with van der Waals surface area (Å²) in [5, 5.41) is 14.5. The number of aromatic nitrogens is 1. The molecule has 0 fully saturated rings. The van der Waals surface area contributed by atoms with Crippen LogP contribution in [0.15, 0.2) is 53.1 Å². The number of hydrogen-bond donors (Lipinski definition) is 0. The Morgan fingerprint density at radius 3 is 2.50 bits per heavy atom. The van der Waals surface area contributed by atoms with Gasteiger partial charge in [0.1, 0.15) is 23.9 Å². The van der Waals surface area contributed by atoms with Crippen LogP contribution in [0.25, 0.3) is 11.3 Å². The third-order valence-corrected chi connectivity index (χ3v) is 3.90. The molecule has 0 radical (unpaired) electrons. The lowest BCUT2D eigenvalue weighted by atomic mass is 10.1. The Morgan fingerprint density at radius 2 is 1.86 bits per heavy atom. The minimum absolute atomic E-state index is 0.0756. The molecule has 3 aromatic rings. The van der Waals surface area contributed by atoms with Crippen molar-refractivity contribution in [2.24, 2.45) is 0 Å². The first kappa shape index (κ1) is 19.0. The molecular formula is C19H15FN2O6. The van der Waals surface area contributed by atoms with E-state index in [9.17, 15) is 19.3 Å². The zero-order valence-corrected chi connectivity index (χ0v) is 14.8. The van der Waals surface area contributed by atoms with E-state index in [1.54, 1.807) is 19.1 Å². The molecule has 0 aliphatic rings. The van der Waals surface area contributed by atoms with Gasteiger partial charge in [0.2, 0.25) is 0 Å². The highest BCUT2D eigenvalue weighted by Gasteiger charge is 2.16. The predicted molar refractivity (Wildman–Crippen MR) is 95.0 cm³/mol. The fourth-order valence-electron chi connectivity index (χ4n) is 2.37. The summed E-state index contributed by atoms with van der Waals surface area (Å²) in [5.74, 6) is -0.223. The number of non-ortho nitro benzene ring substituents is 1. The number of halogens is 1. The molecule has 28 heavy (non-hydrogen) atoms. The SMILES string of the molecule is Cc1c(COC(=O)COc2ccc([N+](=O)[O-])cc2)noc1-c1ccc(F)cc1. The summed E-state index contributed by atoms with van der Waals surface area (Å²) in [4.78, 5) is 21.9. The number of rotatable bonds is 7. The first-order valence-corrected chi connectivity index (χ1v) is 8.18. The van der Waals surface area contributed by atoms with Crippen LogP contribution in [-0.2, 0) is 16.1 Å². The predicted octanol–water partition coefficient (Wildman–Crippen LogP) is 3.82. The minimum Gasteiger partial charge on any atom is -0.482 e. The molecular weight excluding hydrogens is 371 g/mol. The maximum absolute atomic E-state index is 13.0. The van der Waals surface area contributed by atoms with Crippen LogP contribution in [0.2, 0.25) is 0 Å². The lowest BCUT2D eigenvalue weighted by molar-refractivity contribution is -0.384. The van der Waals surface area contributed by atoms with Crippen molar-refractivity contribution >= 4 is 11.7 Å². The first-order chi connectivity index (χ1) is 13.4. The second kappa shape index (κ2) is 8.30. The number of carbonyl (C=O) groups excluding carboxylic acids is 1. The van der Waals surface area contributed by atoms with Gasteiger partial charge in [0.05, 0.1) is 4.92 Å². The van der Waals surface area contributed by atoms with Gasteiger partial charge in [-0.15, -0.1) is 0 Å². The van der Waals surface area contributed by atoms with Crippen molar-refractivity contribution in [3.05, 3.63) is 75.7 Å². The standard InChI is InChI=1S/C19H15FN2O6/c1-12-17(21-28-19(12)13-2-4-14(20)5-3-13)10-27-18(23)11-26-16-8-6-15(7-9-16)22(24)25/h2-9H,10-11H2,1H3. The Bertz CT molecular complexity index is 983. The van der Waals surface area contributed by atoms with Gasteiger partial charge in [-0.05, 0) is 43.3 Å². The van der Waals surface area contributed by atoms with Crippen LogP contribution in [0.1, 0.15) is 11.3 Å². The van der Waals surface area contributed by atoms with E-state index < -0.39 is 10.9 Å². The summed E-state index contributed by atoms with van der Waals surface area (Å²) in [7, 11) is 0. The van der Waals surface area contributed by atoms with Crippen LogP contribution < -0.4 is 4.74 Å². The summed E-state index contributed by atoms with van der Waals surface area (Å²) in [6.07, 6.45) is 0. The molecule has 9 heteroatoms. The van der Waals surface area contributed by atoms with E-state index in [0.29, 0.717) is 28.3 Å². The molecule has 0 saturated carbocycles. The van der Waals surface area contributed by atoms with Gasteiger partial charge in [-0.25, -0.2) is 9.18 Å². The zero-order valence-electron chi connectivity index (χ0n) is 14.8. The number of nitro groups is 1. The van der Waals surface area contributed by atoms with Crippen molar-refractivity contribution in [2.45, 2.75) is 13.5 Å². The lowest BCUT2D eigenvalue weighted by Gasteiger charge is -2.06. The molecule has 0 atom stereocenters. The Labute approximate surface area is 158 Å². The normalized spacial score (nSPS) is 10.5. The number of hydrogen-bond acceptors (Lipinski definition) is 7. The van der Waals surface area contributed by atoms with E-state index in [1.807, 2.05) is 0 Å². The highest BCUT2D eigenvalue weighted by molar-refractivity contribution is 5.71. The fourth-order valence-corrected chi connectivity index (χ4v) is 2.37. The smallest absolute Gasteiger partial charge is 0.344 e. The Balaban J connectivity index is 1.53. The topological polar surface area (TPSA) is 105 Å². The van der Waals surface area contributed by atoms with Crippen LogP contribution >= 0.6 is 0 Å². The number of esters is 1. The summed E-state index contributed by atoms with van der Waals surface area (Å²) < 4.78 is 28.6. The van der Waals surface area contributed by atoms with Gasteiger partial charge in [-0.1, -0.05) is 5.16 Å². The molecule has 0 saturated heterocycles. The highest BCUT2D eigenvalue weighted by atomic mass is 19.1. The summed E-state index contributed by atoms with van der Waals surface area (Å²) in [6.45, 7) is 1.28. The van der Waals surface area contributed by atoms with Gasteiger partial charge in [0.15, 0.2) is 12.4 Å². The number of nitro benzene ring substituents is 1. The van der Waals surface area contributed by atoms with Crippen molar-refractivity contribution in [3.8, 4) is 17.1 Å². The molecule has 3 rings (SSSR count). The van der Waals surface area contributed by atoms with Crippen LogP contribution in [0.4, 0.5) is 10.1 Å². The Kier molecular flexibility index (Phi) is 5.64. The van der Waals surface area contributed by atoms with Crippen molar-refractivity contribution in [3.63, 3.8) is 0 Å². The second-order valence-corrected chi connectivity index (χ2v) is 5.79. The van der Waals surface area contributed by atoms with Gasteiger partial charge in [0.25, 0.3) is 5.69 Å². The van der Waals surface area contributed by atoms with Gasteiger partial charge in [-0.3, -0.25) is 10.1 Å². The molecule has 0 spiro atoms. The Morgan fingerprint density at radius 1 is 1.18 bits per heavy atom. The number of nitrogens with zero attached hydrogens (tertiary/aromatic N) is 2. The first-order valence-electron chi connectivity index (χ1n) is 8.18. The highest BCUT2D eigenvalue weighted by Crippen LogP contribution is 2.26. The monoisotopic (exact) mass is 386 g/mol. The fraction of sp³-hybridized carbons (Fsp3) is 0.158. The van der Waals surface area contributed by atoms with E-state index in [1.165, 1.54) is 36.4 Å². The van der Waals surface area contributed by atoms with Crippen LogP contribution in [0.5, 0.6) is 5.75 Å². The van der Waals surface area contributed by atoms with Crippen molar-refractivity contribution in [1.29, 1.82) is 0 Å². The summed E-state index contributed by atoms with van der Waals surface area (Å²) in [6, 6.07) is 11.1. The maximum Gasteiger partial charge on any atom is 0.344 e. The maximum atomic E-state index is 13.0. The summed E-state index contributed by atoms with van der Waals surface area (Å²) in [5.41, 5.74) is 1.69. The lowest BCUT2D eigenvalue weighted by Crippen LogP contribution is -2.15. The van der Waals surface area contributed by atoms with Crippen LogP contribution in [-0.4, -0.2) is 22.7 Å². The zero-order chi connectivity index (χ0) is 20.1. The van der Waals surface area contributed by atoms with Crippen molar-refractivity contribution < 1.29 is 28.1 Å². The molecule has 0 amide bonds. The molecule has 1 heterocycles. The summed E-state index contributed by atoms with van der Waals surface area (Å²) >= 11 is 0. The quantitative estimate of drug-likeness (QED) is 0.345. The molecule has 2 aromatic carbocycles. The van der Waals surface area contributed by atoms with Crippen molar-refractivity contribution in [2.75, 3.05) is 6.61 Å². The third kappa shape index (κ3) is 4.50. The Hall–Kier alpha value is -3.75. The van der Waals surface area contributed by atoms with E-state index in [0.717, 1.165) is 0 Å².